The summed E-state index contributed by atoms with van der Waals surface area (Å²) in [5.74, 6) is 0.985. The van der Waals surface area contributed by atoms with Crippen molar-refractivity contribution in [2.45, 2.75) is 18.7 Å². The number of likely N-dealkylation sites (N-methyl/N-ethyl adjacent to an activating group) is 1. The maximum atomic E-state index is 12.5. The van der Waals surface area contributed by atoms with Gasteiger partial charge < -0.3 is 9.80 Å². The standard InChI is InChI=1S/C17H23N5O2S/c1-13-4-5-15(12-14(13)2)25(23,24)20-16-6-7-17(19-18-16)22-10-8-21(3)9-11-22/h4-7,12H,8-11H2,1-3H3,(H,18,20). The van der Waals surface area contributed by atoms with E-state index in [-0.39, 0.29) is 10.7 Å². The van der Waals surface area contributed by atoms with Gasteiger partial charge in [0.15, 0.2) is 11.6 Å². The first-order valence-corrected chi connectivity index (χ1v) is 9.71. The van der Waals surface area contributed by atoms with Gasteiger partial charge in [0.25, 0.3) is 10.0 Å². The van der Waals surface area contributed by atoms with Crippen molar-refractivity contribution in [1.29, 1.82) is 0 Å². The molecule has 0 bridgehead atoms. The summed E-state index contributed by atoms with van der Waals surface area (Å²) in [4.78, 5) is 4.63. The minimum atomic E-state index is -3.67. The first kappa shape index (κ1) is 17.6. The number of nitrogens with one attached hydrogen (secondary N) is 1. The predicted octanol–water partition coefficient (Wildman–Crippen LogP) is 1.65. The Kier molecular flexibility index (Phi) is 4.91. The van der Waals surface area contributed by atoms with E-state index < -0.39 is 10.0 Å². The van der Waals surface area contributed by atoms with Crippen molar-refractivity contribution in [1.82, 2.24) is 15.1 Å². The van der Waals surface area contributed by atoms with Crippen molar-refractivity contribution in [2.24, 2.45) is 0 Å². The molecule has 25 heavy (non-hydrogen) atoms. The van der Waals surface area contributed by atoms with Crippen molar-refractivity contribution in [3.63, 3.8) is 0 Å². The van der Waals surface area contributed by atoms with Crippen molar-refractivity contribution >= 4 is 21.7 Å². The van der Waals surface area contributed by atoms with E-state index in [2.05, 4.69) is 31.8 Å². The maximum absolute atomic E-state index is 12.5. The first-order valence-electron chi connectivity index (χ1n) is 8.22. The quantitative estimate of drug-likeness (QED) is 0.892. The summed E-state index contributed by atoms with van der Waals surface area (Å²) >= 11 is 0. The normalized spacial score (nSPS) is 16.0. The van der Waals surface area contributed by atoms with Crippen LogP contribution in [0.3, 0.4) is 0 Å². The highest BCUT2D eigenvalue weighted by molar-refractivity contribution is 7.92. The SMILES string of the molecule is Cc1ccc(S(=O)(=O)Nc2ccc(N3CCN(C)CC3)nn2)cc1C. The third-order valence-electron chi connectivity index (χ3n) is 4.51. The van der Waals surface area contributed by atoms with Crippen LogP contribution in [0.2, 0.25) is 0 Å². The van der Waals surface area contributed by atoms with Crippen molar-refractivity contribution < 1.29 is 8.42 Å². The monoisotopic (exact) mass is 361 g/mol. The van der Waals surface area contributed by atoms with E-state index in [1.807, 2.05) is 13.8 Å². The van der Waals surface area contributed by atoms with Gasteiger partial charge in [0.2, 0.25) is 0 Å². The molecule has 0 spiro atoms. The van der Waals surface area contributed by atoms with Gasteiger partial charge in [-0.3, -0.25) is 4.72 Å². The zero-order valence-corrected chi connectivity index (χ0v) is 15.5. The van der Waals surface area contributed by atoms with Crippen LogP contribution in [0.25, 0.3) is 0 Å². The second-order valence-corrected chi connectivity index (χ2v) is 8.10. The number of aromatic nitrogens is 2. The van der Waals surface area contributed by atoms with Crippen molar-refractivity contribution in [3.05, 3.63) is 41.5 Å². The summed E-state index contributed by atoms with van der Waals surface area (Å²) in [6.07, 6.45) is 0. The number of sulfonamides is 1. The fourth-order valence-corrected chi connectivity index (χ4v) is 3.74. The fraction of sp³-hybridized carbons (Fsp3) is 0.412. The first-order chi connectivity index (χ1) is 11.8. The molecule has 7 nitrogen and oxygen atoms in total. The van der Waals surface area contributed by atoms with Gasteiger partial charge >= 0.3 is 0 Å². The van der Waals surface area contributed by atoms with Crippen LogP contribution in [0.15, 0.2) is 35.2 Å². The number of aryl methyl sites for hydroxylation is 2. The molecule has 1 aromatic heterocycles. The molecule has 0 aliphatic carbocycles. The number of hydrogen-bond donors (Lipinski definition) is 1. The van der Waals surface area contributed by atoms with E-state index in [0.29, 0.717) is 0 Å². The van der Waals surface area contributed by atoms with Gasteiger partial charge in [-0.15, -0.1) is 10.2 Å². The van der Waals surface area contributed by atoms with E-state index in [1.54, 1.807) is 30.3 Å². The third kappa shape index (κ3) is 4.08. The van der Waals surface area contributed by atoms with Crippen LogP contribution in [0.1, 0.15) is 11.1 Å². The van der Waals surface area contributed by atoms with E-state index in [0.717, 1.165) is 43.1 Å². The molecule has 0 unspecified atom stereocenters. The smallest absolute Gasteiger partial charge is 0.263 e. The summed E-state index contributed by atoms with van der Waals surface area (Å²) in [6, 6.07) is 8.50. The van der Waals surface area contributed by atoms with E-state index in [1.165, 1.54) is 0 Å². The Morgan fingerprint density at radius 2 is 1.68 bits per heavy atom. The number of anilines is 2. The van der Waals surface area contributed by atoms with Crippen molar-refractivity contribution in [3.8, 4) is 0 Å². The predicted molar refractivity (Wildman–Crippen MR) is 98.5 cm³/mol. The zero-order valence-electron chi connectivity index (χ0n) is 14.7. The maximum Gasteiger partial charge on any atom is 0.263 e. The van der Waals surface area contributed by atoms with E-state index in [4.69, 9.17) is 0 Å². The summed E-state index contributed by atoms with van der Waals surface area (Å²) in [5, 5.41) is 8.20. The summed E-state index contributed by atoms with van der Waals surface area (Å²) in [5.41, 5.74) is 1.98. The molecule has 2 aromatic rings. The van der Waals surface area contributed by atoms with Gasteiger partial charge in [-0.2, -0.15) is 0 Å². The molecule has 0 saturated carbocycles. The lowest BCUT2D eigenvalue weighted by Crippen LogP contribution is -2.44. The zero-order chi connectivity index (χ0) is 18.0. The Morgan fingerprint density at radius 1 is 0.960 bits per heavy atom. The van der Waals surface area contributed by atoms with E-state index >= 15 is 0 Å². The van der Waals surface area contributed by atoms with Gasteiger partial charge in [0, 0.05) is 26.2 Å². The van der Waals surface area contributed by atoms with Crippen LogP contribution in [-0.2, 0) is 10.0 Å². The Hall–Kier alpha value is -2.19. The van der Waals surface area contributed by atoms with Gasteiger partial charge in [-0.25, -0.2) is 8.42 Å². The molecule has 1 aliphatic heterocycles. The highest BCUT2D eigenvalue weighted by Gasteiger charge is 2.18. The molecule has 1 fully saturated rings. The Balaban J connectivity index is 1.73. The molecule has 1 N–H and O–H groups in total. The molecular formula is C17H23N5O2S. The highest BCUT2D eigenvalue weighted by Crippen LogP contribution is 2.19. The average Bonchev–Trinajstić information content (AvgIpc) is 2.58. The number of hydrogen-bond acceptors (Lipinski definition) is 6. The summed E-state index contributed by atoms with van der Waals surface area (Å²) < 4.78 is 27.5. The number of benzene rings is 1. The van der Waals surface area contributed by atoms with Gasteiger partial charge in [0.1, 0.15) is 0 Å². The molecule has 0 radical (unpaired) electrons. The van der Waals surface area contributed by atoms with Gasteiger partial charge in [0.05, 0.1) is 4.90 Å². The molecular weight excluding hydrogens is 338 g/mol. The second kappa shape index (κ2) is 6.97. The summed E-state index contributed by atoms with van der Waals surface area (Å²) in [6.45, 7) is 7.56. The minimum absolute atomic E-state index is 0.219. The molecule has 8 heteroatoms. The number of piperazine rings is 1. The number of rotatable bonds is 4. The van der Waals surface area contributed by atoms with Crippen LogP contribution in [0.4, 0.5) is 11.6 Å². The average molecular weight is 361 g/mol. The summed E-state index contributed by atoms with van der Waals surface area (Å²) in [7, 11) is -1.58. The Labute approximate surface area is 148 Å². The molecule has 1 aromatic carbocycles. The Morgan fingerprint density at radius 3 is 2.28 bits per heavy atom. The number of nitrogens with zero attached hydrogens (tertiary/aromatic N) is 4. The van der Waals surface area contributed by atoms with Crippen LogP contribution < -0.4 is 9.62 Å². The Bertz CT molecular complexity index is 844. The van der Waals surface area contributed by atoms with E-state index in [9.17, 15) is 8.42 Å². The van der Waals surface area contributed by atoms with Gasteiger partial charge in [-0.05, 0) is 56.3 Å². The lowest BCUT2D eigenvalue weighted by Gasteiger charge is -2.32. The highest BCUT2D eigenvalue weighted by atomic mass is 32.2. The van der Waals surface area contributed by atoms with Crippen molar-refractivity contribution in [2.75, 3.05) is 42.8 Å². The lowest BCUT2D eigenvalue weighted by atomic mass is 10.1. The third-order valence-corrected chi connectivity index (χ3v) is 5.86. The molecule has 0 amide bonds. The largest absolute Gasteiger partial charge is 0.353 e. The molecule has 2 heterocycles. The van der Waals surface area contributed by atoms with Crippen LogP contribution in [0.5, 0.6) is 0 Å². The fourth-order valence-electron chi connectivity index (χ4n) is 2.66. The lowest BCUT2D eigenvalue weighted by molar-refractivity contribution is 0.312. The second-order valence-electron chi connectivity index (χ2n) is 6.42. The topological polar surface area (TPSA) is 78.4 Å². The molecule has 134 valence electrons. The molecule has 1 aliphatic rings. The van der Waals surface area contributed by atoms with Crippen LogP contribution >= 0.6 is 0 Å². The van der Waals surface area contributed by atoms with Gasteiger partial charge in [-0.1, -0.05) is 6.07 Å². The minimum Gasteiger partial charge on any atom is -0.353 e. The molecule has 3 rings (SSSR count). The molecule has 1 saturated heterocycles. The van der Waals surface area contributed by atoms with Crippen LogP contribution in [0, 0.1) is 13.8 Å². The van der Waals surface area contributed by atoms with Crippen LogP contribution in [-0.4, -0.2) is 56.7 Å². The molecule has 0 atom stereocenters.